The second-order valence-electron chi connectivity index (χ2n) is 4.99. The number of halogens is 1. The van der Waals surface area contributed by atoms with Gasteiger partial charge in [0.25, 0.3) is 0 Å². The van der Waals surface area contributed by atoms with E-state index in [0.717, 1.165) is 33.0 Å². The van der Waals surface area contributed by atoms with Crippen molar-refractivity contribution in [1.82, 2.24) is 9.55 Å². The number of rotatable bonds is 3. The minimum Gasteiger partial charge on any atom is -0.324 e. The maximum Gasteiger partial charge on any atom is 0.107 e. The summed E-state index contributed by atoms with van der Waals surface area (Å²) in [5.41, 5.74) is 4.05. The SMILES string of the molecule is Cc1nc2ccc(CC#N)cc2n1Cc1ccccc1Cl. The summed E-state index contributed by atoms with van der Waals surface area (Å²) in [5, 5.41) is 9.60. The van der Waals surface area contributed by atoms with Crippen LogP contribution in [0.5, 0.6) is 0 Å². The third-order valence-electron chi connectivity index (χ3n) is 3.57. The summed E-state index contributed by atoms with van der Waals surface area (Å²) in [4.78, 5) is 4.58. The zero-order valence-corrected chi connectivity index (χ0v) is 12.4. The van der Waals surface area contributed by atoms with Crippen LogP contribution in [0, 0.1) is 18.3 Å². The zero-order valence-electron chi connectivity index (χ0n) is 11.7. The molecule has 0 saturated heterocycles. The number of imidazole rings is 1. The topological polar surface area (TPSA) is 41.6 Å². The van der Waals surface area contributed by atoms with Crippen LogP contribution in [-0.2, 0) is 13.0 Å². The van der Waals surface area contributed by atoms with Gasteiger partial charge >= 0.3 is 0 Å². The van der Waals surface area contributed by atoms with E-state index in [0.29, 0.717) is 13.0 Å². The van der Waals surface area contributed by atoms with Crippen LogP contribution < -0.4 is 0 Å². The van der Waals surface area contributed by atoms with Crippen molar-refractivity contribution in [3.8, 4) is 6.07 Å². The van der Waals surface area contributed by atoms with Crippen LogP contribution in [0.25, 0.3) is 11.0 Å². The largest absolute Gasteiger partial charge is 0.324 e. The lowest BCUT2D eigenvalue weighted by Crippen LogP contribution is -2.02. The highest BCUT2D eigenvalue weighted by molar-refractivity contribution is 6.31. The molecule has 3 rings (SSSR count). The van der Waals surface area contributed by atoms with Gasteiger partial charge in [0.15, 0.2) is 0 Å². The second kappa shape index (κ2) is 5.59. The quantitative estimate of drug-likeness (QED) is 0.729. The first kappa shape index (κ1) is 13.7. The summed E-state index contributed by atoms with van der Waals surface area (Å²) in [5.74, 6) is 0.944. The standard InChI is InChI=1S/C17H14ClN3/c1-12-20-16-7-6-13(8-9-19)10-17(16)21(12)11-14-4-2-3-5-15(14)18/h2-7,10H,8,11H2,1H3. The highest BCUT2D eigenvalue weighted by Gasteiger charge is 2.10. The van der Waals surface area contributed by atoms with E-state index < -0.39 is 0 Å². The smallest absolute Gasteiger partial charge is 0.107 e. The molecule has 0 unspecified atom stereocenters. The van der Waals surface area contributed by atoms with E-state index in [-0.39, 0.29) is 0 Å². The number of hydrogen-bond donors (Lipinski definition) is 0. The predicted octanol–water partition coefficient (Wildman–Crippen LogP) is 4.11. The van der Waals surface area contributed by atoms with Crippen LogP contribution in [0.4, 0.5) is 0 Å². The Morgan fingerprint density at radius 2 is 2.05 bits per heavy atom. The molecule has 1 heterocycles. The van der Waals surface area contributed by atoms with E-state index >= 15 is 0 Å². The highest BCUT2D eigenvalue weighted by Crippen LogP contribution is 2.22. The minimum atomic E-state index is 0.409. The average Bonchev–Trinajstić information content (AvgIpc) is 2.78. The number of aryl methyl sites for hydroxylation is 1. The monoisotopic (exact) mass is 295 g/mol. The van der Waals surface area contributed by atoms with Crippen molar-refractivity contribution < 1.29 is 0 Å². The predicted molar refractivity (Wildman–Crippen MR) is 84.3 cm³/mol. The minimum absolute atomic E-state index is 0.409. The van der Waals surface area contributed by atoms with Crippen LogP contribution in [0.1, 0.15) is 17.0 Å². The first-order chi connectivity index (χ1) is 10.2. The van der Waals surface area contributed by atoms with E-state index in [1.807, 2.05) is 49.4 Å². The van der Waals surface area contributed by atoms with E-state index in [1.165, 1.54) is 0 Å². The Kier molecular flexibility index (Phi) is 3.64. The van der Waals surface area contributed by atoms with Crippen molar-refractivity contribution in [2.45, 2.75) is 19.9 Å². The Bertz CT molecular complexity index is 843. The third-order valence-corrected chi connectivity index (χ3v) is 3.94. The lowest BCUT2D eigenvalue weighted by Gasteiger charge is -2.09. The molecule has 0 spiro atoms. The molecule has 0 bridgehead atoms. The second-order valence-corrected chi connectivity index (χ2v) is 5.40. The number of benzene rings is 2. The first-order valence-electron chi connectivity index (χ1n) is 6.75. The number of nitrogens with zero attached hydrogens (tertiary/aromatic N) is 3. The molecule has 1 aromatic heterocycles. The van der Waals surface area contributed by atoms with Gasteiger partial charge in [0.2, 0.25) is 0 Å². The zero-order chi connectivity index (χ0) is 14.8. The Balaban J connectivity index is 2.09. The molecule has 0 atom stereocenters. The normalized spacial score (nSPS) is 10.7. The average molecular weight is 296 g/mol. The maximum atomic E-state index is 8.85. The van der Waals surface area contributed by atoms with Gasteiger partial charge < -0.3 is 4.57 Å². The van der Waals surface area contributed by atoms with Crippen LogP contribution in [0.3, 0.4) is 0 Å². The molecular weight excluding hydrogens is 282 g/mol. The van der Waals surface area contributed by atoms with E-state index in [2.05, 4.69) is 15.6 Å². The molecule has 0 amide bonds. The molecule has 3 nitrogen and oxygen atoms in total. The van der Waals surface area contributed by atoms with Crippen molar-refractivity contribution in [1.29, 1.82) is 5.26 Å². The fraction of sp³-hybridized carbons (Fsp3) is 0.176. The molecule has 0 aliphatic heterocycles. The van der Waals surface area contributed by atoms with Gasteiger partial charge in [0.05, 0.1) is 30.1 Å². The number of aromatic nitrogens is 2. The molecule has 4 heteroatoms. The summed E-state index contributed by atoms with van der Waals surface area (Å²) in [6, 6.07) is 16.0. The molecule has 104 valence electrons. The van der Waals surface area contributed by atoms with Gasteiger partial charge in [-0.25, -0.2) is 4.98 Å². The number of nitriles is 1. The molecule has 21 heavy (non-hydrogen) atoms. The fourth-order valence-electron chi connectivity index (χ4n) is 2.49. The molecule has 0 aliphatic carbocycles. The van der Waals surface area contributed by atoms with Crippen LogP contribution in [0.15, 0.2) is 42.5 Å². The van der Waals surface area contributed by atoms with Crippen molar-refractivity contribution in [3.63, 3.8) is 0 Å². The van der Waals surface area contributed by atoms with Gasteiger partial charge in [-0.1, -0.05) is 35.9 Å². The lowest BCUT2D eigenvalue weighted by atomic mass is 10.1. The highest BCUT2D eigenvalue weighted by atomic mass is 35.5. The number of fused-ring (bicyclic) bond motifs is 1. The molecule has 0 fully saturated rings. The third kappa shape index (κ3) is 2.63. The first-order valence-corrected chi connectivity index (χ1v) is 7.13. The van der Waals surface area contributed by atoms with Gasteiger partial charge in [0.1, 0.15) is 5.82 Å². The summed E-state index contributed by atoms with van der Waals surface area (Å²) < 4.78 is 2.14. The van der Waals surface area contributed by atoms with Crippen molar-refractivity contribution in [2.75, 3.05) is 0 Å². The molecule has 0 radical (unpaired) electrons. The van der Waals surface area contributed by atoms with Gasteiger partial charge in [-0.15, -0.1) is 0 Å². The van der Waals surface area contributed by atoms with Crippen molar-refractivity contribution >= 4 is 22.6 Å². The summed E-state index contributed by atoms with van der Waals surface area (Å²) >= 11 is 6.25. The van der Waals surface area contributed by atoms with Gasteiger partial charge in [-0.3, -0.25) is 0 Å². The molecule has 0 N–H and O–H groups in total. The van der Waals surface area contributed by atoms with Gasteiger partial charge in [0, 0.05) is 5.02 Å². The Labute approximate surface area is 128 Å². The summed E-state index contributed by atoms with van der Waals surface area (Å²) in [6.07, 6.45) is 0.409. The van der Waals surface area contributed by atoms with E-state index in [4.69, 9.17) is 16.9 Å². The van der Waals surface area contributed by atoms with Crippen molar-refractivity contribution in [2.24, 2.45) is 0 Å². The van der Waals surface area contributed by atoms with Gasteiger partial charge in [-0.2, -0.15) is 5.26 Å². The molecule has 2 aromatic carbocycles. The Morgan fingerprint density at radius 3 is 2.81 bits per heavy atom. The lowest BCUT2D eigenvalue weighted by molar-refractivity contribution is 0.786. The van der Waals surface area contributed by atoms with Crippen molar-refractivity contribution in [3.05, 3.63) is 64.4 Å². The molecular formula is C17H14ClN3. The summed E-state index contributed by atoms with van der Waals surface area (Å²) in [7, 11) is 0. The fourth-order valence-corrected chi connectivity index (χ4v) is 2.68. The summed E-state index contributed by atoms with van der Waals surface area (Å²) in [6.45, 7) is 2.67. The Morgan fingerprint density at radius 1 is 1.24 bits per heavy atom. The van der Waals surface area contributed by atoms with Gasteiger partial charge in [-0.05, 0) is 36.2 Å². The maximum absolute atomic E-state index is 8.85. The van der Waals surface area contributed by atoms with E-state index in [9.17, 15) is 0 Å². The van der Waals surface area contributed by atoms with Crippen LogP contribution in [-0.4, -0.2) is 9.55 Å². The van der Waals surface area contributed by atoms with Crippen LogP contribution >= 0.6 is 11.6 Å². The number of hydrogen-bond acceptors (Lipinski definition) is 2. The van der Waals surface area contributed by atoms with Crippen LogP contribution in [0.2, 0.25) is 5.02 Å². The van der Waals surface area contributed by atoms with E-state index in [1.54, 1.807) is 0 Å². The molecule has 0 saturated carbocycles. The molecule has 0 aliphatic rings. The Hall–Kier alpha value is -2.31. The molecule has 3 aromatic rings.